The van der Waals surface area contributed by atoms with E-state index in [1.807, 2.05) is 6.07 Å². The fourth-order valence-electron chi connectivity index (χ4n) is 19.2. The van der Waals surface area contributed by atoms with E-state index in [2.05, 4.69) is 411 Å². The van der Waals surface area contributed by atoms with Crippen LogP contribution < -0.4 is 26.2 Å². The van der Waals surface area contributed by atoms with Crippen LogP contribution in [0.1, 0.15) is 112 Å². The van der Waals surface area contributed by atoms with Crippen LogP contribution in [0.25, 0.3) is 143 Å². The third kappa shape index (κ3) is 11.5. The second-order valence-electron chi connectivity index (χ2n) is 36.4. The molecular weight excluding hydrogens is 1410 g/mol. The third-order valence-corrected chi connectivity index (χ3v) is 25.1. The molecular formula is C112H93BN4. The Morgan fingerprint density at radius 3 is 1.16 bits per heavy atom. The summed E-state index contributed by atoms with van der Waals surface area (Å²) < 4.78 is 52.7. The average molecular weight is 1510 g/mol. The number of aromatic nitrogens is 2. The van der Waals surface area contributed by atoms with Crippen molar-refractivity contribution < 1.29 is 6.85 Å². The van der Waals surface area contributed by atoms with Gasteiger partial charge in [0.2, 0.25) is 0 Å². The molecule has 564 valence electrons. The highest BCUT2D eigenvalue weighted by Gasteiger charge is 2.48. The zero-order valence-corrected chi connectivity index (χ0v) is 68.4. The molecule has 3 aromatic heterocycles. The van der Waals surface area contributed by atoms with Gasteiger partial charge in [-0.3, -0.25) is 0 Å². The van der Waals surface area contributed by atoms with Crippen molar-refractivity contribution in [3.05, 3.63) is 368 Å². The standard InChI is InChI=1S/C112H93BN4/c1-109(2,3)76-54-59-97-92(62-76)93-63-77(110(4,5)6)55-60-98(93)114(97)80-56-58-95-100(68-80)117(107-90(73-41-24-16-25-42-73)66-79(112(10,11)12)67-91(107)74-43-26-17-27-44-74)108-103-87-51-34-50-86-84-48-31-29-46-82(84)81-45-28-30-47-83(81)85-49-32-33-52-96(85)115(105(86)87)101(103)69-102-104(108)113(95)94-57-53-75(70-35-18-13-19-36-70)61-99(94)116(102)106-88(71-37-20-14-21-38-71)64-78(111(7,8)9)65-89(106)72-39-22-15-23-40-72/h13-69H,1-12H3/i13D,18D,19D,35D,36D. The fourth-order valence-corrected chi connectivity index (χ4v) is 19.2. The molecule has 19 aromatic rings. The molecule has 5 heteroatoms. The first-order chi connectivity index (χ1) is 58.7. The summed E-state index contributed by atoms with van der Waals surface area (Å²) in [7, 11) is 0. The molecule has 0 radical (unpaired) electrons. The first-order valence-electron chi connectivity index (χ1n) is 43.8. The van der Waals surface area contributed by atoms with Crippen molar-refractivity contribution >= 4 is 139 Å². The maximum absolute atomic E-state index is 9.91. The van der Waals surface area contributed by atoms with E-state index < -0.39 is 24.8 Å². The van der Waals surface area contributed by atoms with Gasteiger partial charge in [0.15, 0.2) is 0 Å². The van der Waals surface area contributed by atoms with Crippen LogP contribution in [0, 0.1) is 0 Å². The first kappa shape index (κ1) is 66.1. The van der Waals surface area contributed by atoms with E-state index in [4.69, 9.17) is 1.37 Å². The molecule has 0 N–H and O–H groups in total. The topological polar surface area (TPSA) is 15.8 Å². The number of para-hydroxylation sites is 2. The minimum absolute atomic E-state index is 0.126. The Balaban J connectivity index is 1.05. The molecule has 0 spiro atoms. The molecule has 2 aliphatic heterocycles. The molecule has 0 fully saturated rings. The Morgan fingerprint density at radius 1 is 0.265 bits per heavy atom. The SMILES string of the molecule is [2H]c1c([2H])c([2H])c(-c2ccc3c(c2)N(c2c(-c4ccccc4)cc(C(C)(C)C)cc2-c2ccccc2)c2cc4c(c5c2B3c2ccc(-n3c6ccc(C(C)(C)C)cc6c6cc(C(C)(C)C)ccc63)cc2N5c2c(-c3ccccc3)cc(C(C)(C)C)cc2-c2ccccc2)c2cccc3c5ccccc5c5ccccc5c5ccccc5n4c32)c([2H])c1[2H]. The van der Waals surface area contributed by atoms with Crippen LogP contribution in [0.5, 0.6) is 0 Å². The molecule has 0 bridgehead atoms. The quantitative estimate of drug-likeness (QED) is 0.141. The van der Waals surface area contributed by atoms with Gasteiger partial charge in [-0.1, -0.05) is 350 Å². The lowest BCUT2D eigenvalue weighted by Gasteiger charge is -2.46. The number of nitrogens with zero attached hydrogens (tertiary/aromatic N) is 4. The predicted molar refractivity (Wildman–Crippen MR) is 504 cm³/mol. The summed E-state index contributed by atoms with van der Waals surface area (Å²) >= 11 is 0. The Labute approximate surface area is 694 Å². The van der Waals surface area contributed by atoms with Gasteiger partial charge < -0.3 is 18.8 Å². The largest absolute Gasteiger partial charge is 0.310 e. The van der Waals surface area contributed by atoms with Gasteiger partial charge in [0.1, 0.15) is 0 Å². The molecule has 21 rings (SSSR count). The van der Waals surface area contributed by atoms with Crippen LogP contribution in [0.4, 0.5) is 34.1 Å². The van der Waals surface area contributed by atoms with Crippen LogP contribution in [0.3, 0.4) is 0 Å². The minimum Gasteiger partial charge on any atom is -0.310 e. The van der Waals surface area contributed by atoms with Crippen molar-refractivity contribution in [2.75, 3.05) is 9.80 Å². The normalized spacial score (nSPS) is 13.7. The van der Waals surface area contributed by atoms with Crippen LogP contribution >= 0.6 is 0 Å². The van der Waals surface area contributed by atoms with E-state index >= 15 is 0 Å². The van der Waals surface area contributed by atoms with Gasteiger partial charge >= 0.3 is 0 Å². The minimum atomic E-state index is -0.546. The maximum Gasteiger partial charge on any atom is 0.252 e. The van der Waals surface area contributed by atoms with Gasteiger partial charge in [-0.15, -0.1) is 0 Å². The fraction of sp³-hybridized carbons (Fsp3) is 0.143. The zero-order chi connectivity index (χ0) is 84.1. The number of anilines is 6. The number of rotatable bonds is 8. The Hall–Kier alpha value is -13.2. The second-order valence-corrected chi connectivity index (χ2v) is 36.4. The highest BCUT2D eigenvalue weighted by Crippen LogP contribution is 2.58. The Morgan fingerprint density at radius 2 is 0.675 bits per heavy atom. The molecule has 16 aromatic carbocycles. The summed E-state index contributed by atoms with van der Waals surface area (Å²) in [5.74, 6) is 0. The van der Waals surface area contributed by atoms with E-state index in [0.29, 0.717) is 5.56 Å². The van der Waals surface area contributed by atoms with Crippen LogP contribution in [-0.2, 0) is 21.7 Å². The number of hydrogen-bond donors (Lipinski definition) is 0. The molecule has 117 heavy (non-hydrogen) atoms. The van der Waals surface area contributed by atoms with E-state index in [0.717, 1.165) is 177 Å². The van der Waals surface area contributed by atoms with Crippen LogP contribution in [-0.4, -0.2) is 15.7 Å². The van der Waals surface area contributed by atoms with Gasteiger partial charge in [-0.05, 0) is 194 Å². The lowest BCUT2D eigenvalue weighted by atomic mass is 9.33. The molecule has 4 nitrogen and oxygen atoms in total. The highest BCUT2D eigenvalue weighted by molar-refractivity contribution is 7.00. The summed E-state index contributed by atoms with van der Waals surface area (Å²) in [5.41, 5.74) is 27.9. The van der Waals surface area contributed by atoms with Crippen molar-refractivity contribution in [3.8, 4) is 61.3 Å². The van der Waals surface area contributed by atoms with Crippen LogP contribution in [0.2, 0.25) is 0 Å². The summed E-state index contributed by atoms with van der Waals surface area (Å²) in [4.78, 5) is 5.28. The van der Waals surface area contributed by atoms with Gasteiger partial charge in [0.25, 0.3) is 6.71 Å². The van der Waals surface area contributed by atoms with Crippen LogP contribution in [0.15, 0.2) is 346 Å². The van der Waals surface area contributed by atoms with Crippen molar-refractivity contribution in [2.24, 2.45) is 0 Å². The number of benzene rings is 16. The summed E-state index contributed by atoms with van der Waals surface area (Å²) in [6, 6.07) is 116. The molecule has 0 unspecified atom stereocenters. The predicted octanol–water partition coefficient (Wildman–Crippen LogP) is 29.0. The summed E-state index contributed by atoms with van der Waals surface area (Å²) in [6.07, 6.45) is 0. The number of fused-ring (bicyclic) bond motifs is 18. The summed E-state index contributed by atoms with van der Waals surface area (Å²) in [5, 5.41) is 11.2. The Kier molecular flexibility index (Phi) is 15.1. The molecule has 2 aliphatic rings. The monoisotopic (exact) mass is 1510 g/mol. The molecule has 0 aliphatic carbocycles. The van der Waals surface area contributed by atoms with E-state index in [1.165, 1.54) is 27.5 Å². The van der Waals surface area contributed by atoms with E-state index in [9.17, 15) is 5.48 Å². The van der Waals surface area contributed by atoms with Crippen molar-refractivity contribution in [2.45, 2.75) is 105 Å². The Bertz CT molecular complexity index is 7450. The highest BCUT2D eigenvalue weighted by atomic mass is 15.2. The van der Waals surface area contributed by atoms with Crippen molar-refractivity contribution in [1.29, 1.82) is 0 Å². The lowest BCUT2D eigenvalue weighted by Crippen LogP contribution is -2.61. The van der Waals surface area contributed by atoms with Gasteiger partial charge in [-0.25, -0.2) is 0 Å². The molecule has 0 saturated carbocycles. The molecule has 0 atom stereocenters. The van der Waals surface area contributed by atoms with Gasteiger partial charge in [-0.2, -0.15) is 0 Å². The second kappa shape index (κ2) is 26.7. The lowest BCUT2D eigenvalue weighted by molar-refractivity contribution is 0.590. The number of hydrogen-bond acceptors (Lipinski definition) is 2. The average Bonchev–Trinajstić information content (AvgIpc) is 1.38. The van der Waals surface area contributed by atoms with Gasteiger partial charge in [0, 0.05) is 77.3 Å². The summed E-state index contributed by atoms with van der Waals surface area (Å²) in [6.45, 7) is 27.2. The zero-order valence-electron chi connectivity index (χ0n) is 73.4. The molecule has 0 amide bonds. The van der Waals surface area contributed by atoms with Crippen molar-refractivity contribution in [3.63, 3.8) is 0 Å². The smallest absolute Gasteiger partial charge is 0.252 e. The maximum atomic E-state index is 9.91. The first-order valence-corrected chi connectivity index (χ1v) is 41.3. The van der Waals surface area contributed by atoms with Crippen molar-refractivity contribution in [1.82, 2.24) is 8.97 Å². The molecule has 5 heterocycles. The third-order valence-electron chi connectivity index (χ3n) is 25.1. The van der Waals surface area contributed by atoms with Gasteiger partial charge in [0.05, 0.1) is 51.5 Å². The van der Waals surface area contributed by atoms with E-state index in [1.54, 1.807) is 0 Å². The molecule has 0 saturated heterocycles. The van der Waals surface area contributed by atoms with E-state index in [-0.39, 0.29) is 39.3 Å².